The molecular formula is C6H18O3. The fourth-order valence-electron chi connectivity index (χ4n) is 0.231. The Bertz CT molecular complexity index is 35.0. The van der Waals surface area contributed by atoms with E-state index in [4.69, 9.17) is 13.0 Å². The van der Waals surface area contributed by atoms with E-state index in [9.17, 15) is 0 Å². The molecule has 0 aromatic rings. The molecule has 0 fully saturated rings. The van der Waals surface area contributed by atoms with Gasteiger partial charge in [0.05, 0.1) is 26.4 Å². The lowest BCUT2D eigenvalue weighted by Crippen LogP contribution is -2.03. The first-order chi connectivity index (χ1) is 5.41. The van der Waals surface area contributed by atoms with Gasteiger partial charge in [0.25, 0.3) is 0 Å². The molecule has 0 aliphatic carbocycles. The molecule has 60 valence electrons. The van der Waals surface area contributed by atoms with Crippen molar-refractivity contribution in [2.75, 3.05) is 26.4 Å². The van der Waals surface area contributed by atoms with E-state index in [2.05, 4.69) is 4.74 Å². The second-order valence-electron chi connectivity index (χ2n) is 1.06. The highest BCUT2D eigenvalue weighted by atomic mass is 16.5. The summed E-state index contributed by atoms with van der Waals surface area (Å²) in [4.78, 5) is 0. The Labute approximate surface area is 60.1 Å². The Hall–Kier alpha value is -0.120. The van der Waals surface area contributed by atoms with Gasteiger partial charge in [-0.25, -0.2) is 0 Å². The van der Waals surface area contributed by atoms with Crippen LogP contribution in [-0.4, -0.2) is 36.6 Å². The summed E-state index contributed by atoms with van der Waals surface area (Å²) in [7, 11) is 2.50. The van der Waals surface area contributed by atoms with Gasteiger partial charge in [0.1, 0.15) is 0 Å². The van der Waals surface area contributed by atoms with Crippen LogP contribution in [0.5, 0.6) is 0 Å². The molecule has 0 atom stereocenters. The van der Waals surface area contributed by atoms with Crippen molar-refractivity contribution in [2.24, 2.45) is 0 Å². The Balaban J connectivity index is -0.000000138. The average Bonchev–Trinajstić information content (AvgIpc) is 2.13. The molecule has 3 nitrogen and oxygen atoms in total. The average molecular weight is 140 g/mol. The van der Waals surface area contributed by atoms with Crippen LogP contribution in [0.2, 0.25) is 0 Å². The number of hydrogen-bond donors (Lipinski definition) is 2. The van der Waals surface area contributed by atoms with Crippen molar-refractivity contribution in [1.29, 1.82) is 0 Å². The molecule has 0 heterocycles. The summed E-state index contributed by atoms with van der Waals surface area (Å²) >= 11 is 0. The van der Waals surface area contributed by atoms with Crippen molar-refractivity contribution >= 4 is 0 Å². The number of ether oxygens (including phenoxy) is 1. The molecule has 0 amide bonds. The molecule has 3 heteroatoms. The lowest BCUT2D eigenvalue weighted by molar-refractivity contribution is 0.0650. The summed E-state index contributed by atoms with van der Waals surface area (Å²) in [5.41, 5.74) is 0. The second-order valence-corrected chi connectivity index (χ2v) is 1.06. The molecule has 0 saturated carbocycles. The highest BCUT2D eigenvalue weighted by Gasteiger charge is 1.79. The molecule has 0 aromatic carbocycles. The van der Waals surface area contributed by atoms with Gasteiger partial charge < -0.3 is 14.9 Å². The molecule has 0 aliphatic heterocycles. The topological polar surface area (TPSA) is 49.7 Å². The highest BCUT2D eigenvalue weighted by molar-refractivity contribution is 4.24. The maximum atomic E-state index is 8.09. The molecule has 0 unspecified atom stereocenters. The van der Waals surface area contributed by atoms with E-state index < -0.39 is 0 Å². The third-order valence-electron chi connectivity index (χ3n) is 0.471. The number of aliphatic hydroxyl groups is 2. The molecule has 0 spiro atoms. The van der Waals surface area contributed by atoms with Crippen molar-refractivity contribution in [3.05, 3.63) is 0 Å². The minimum absolute atomic E-state index is 0.0278. The molecule has 0 bridgehead atoms. The van der Waals surface area contributed by atoms with E-state index in [0.717, 1.165) is 0 Å². The van der Waals surface area contributed by atoms with Crippen molar-refractivity contribution in [3.8, 4) is 0 Å². The van der Waals surface area contributed by atoms with Gasteiger partial charge in [-0.3, -0.25) is 0 Å². The van der Waals surface area contributed by atoms with Gasteiger partial charge in [0.2, 0.25) is 0 Å². The van der Waals surface area contributed by atoms with E-state index in [0.29, 0.717) is 13.2 Å². The Morgan fingerprint density at radius 2 is 1.44 bits per heavy atom. The summed E-state index contributed by atoms with van der Waals surface area (Å²) in [6, 6.07) is 0. The quantitative estimate of drug-likeness (QED) is 0.551. The van der Waals surface area contributed by atoms with Crippen molar-refractivity contribution < 1.29 is 17.7 Å². The maximum Gasteiger partial charge on any atom is 0.0698 e. The van der Waals surface area contributed by atoms with E-state index in [1.165, 1.54) is 14.8 Å². The summed E-state index contributed by atoms with van der Waals surface area (Å²) in [5.74, 6) is 0. The van der Waals surface area contributed by atoms with E-state index >= 15 is 0 Å². The van der Waals surface area contributed by atoms with Gasteiger partial charge in [0, 0.05) is 2.74 Å². The molecule has 2 N–H and O–H groups in total. The standard InChI is InChI=1S/C4H10O3.2CH4/c5-1-3-7-4-2-6;;/h5-6H,1-4H2;2*1H4/i;2*1D. The zero-order valence-electron chi connectivity index (χ0n) is 8.13. The van der Waals surface area contributed by atoms with Crippen LogP contribution in [0.4, 0.5) is 0 Å². The SMILES string of the molecule is OCCOCCO.[2H]C.[2H]C. The monoisotopic (exact) mass is 140 g/mol. The predicted molar refractivity (Wildman–Crippen MR) is 38.5 cm³/mol. The molecule has 0 rings (SSSR count). The van der Waals surface area contributed by atoms with Gasteiger partial charge in [0.15, 0.2) is 0 Å². The predicted octanol–water partition coefficient (Wildman–Crippen LogP) is 0.260. The third-order valence-corrected chi connectivity index (χ3v) is 0.471. The molecule has 0 saturated heterocycles. The minimum Gasteiger partial charge on any atom is -0.394 e. The van der Waals surface area contributed by atoms with Crippen molar-refractivity contribution in [1.82, 2.24) is 0 Å². The van der Waals surface area contributed by atoms with Crippen LogP contribution < -0.4 is 0 Å². The van der Waals surface area contributed by atoms with Crippen LogP contribution in [-0.2, 0) is 4.74 Å². The lowest BCUT2D eigenvalue weighted by atomic mass is 10.7. The summed E-state index contributed by atoms with van der Waals surface area (Å²) < 4.78 is 16.1. The van der Waals surface area contributed by atoms with E-state index in [1.807, 2.05) is 0 Å². The van der Waals surface area contributed by atoms with E-state index in [1.54, 1.807) is 0 Å². The van der Waals surface area contributed by atoms with Crippen LogP contribution in [0.25, 0.3) is 0 Å². The molecule has 0 aromatic heterocycles. The summed E-state index contributed by atoms with van der Waals surface area (Å²) in [6.07, 6.45) is 0. The van der Waals surface area contributed by atoms with E-state index in [-0.39, 0.29) is 13.2 Å². The zero-order chi connectivity index (χ0) is 9.54. The van der Waals surface area contributed by atoms with Crippen molar-refractivity contribution in [3.63, 3.8) is 0 Å². The zero-order valence-corrected chi connectivity index (χ0v) is 6.13. The van der Waals surface area contributed by atoms with Crippen LogP contribution >= 0.6 is 0 Å². The first-order valence-corrected chi connectivity index (χ1v) is 2.21. The summed E-state index contributed by atoms with van der Waals surface area (Å²) in [6.45, 7) is 0.696. The number of aliphatic hydroxyl groups excluding tert-OH is 2. The fraction of sp³-hybridized carbons (Fsp3) is 1.00. The van der Waals surface area contributed by atoms with Crippen LogP contribution in [0, 0.1) is 0 Å². The second kappa shape index (κ2) is 15.7. The number of rotatable bonds is 4. The van der Waals surface area contributed by atoms with Crippen LogP contribution in [0.1, 0.15) is 17.5 Å². The molecular weight excluding hydrogens is 120 g/mol. The minimum atomic E-state index is 0.0278. The first kappa shape index (κ1) is 8.88. The normalized spacial score (nSPS) is 8.89. The van der Waals surface area contributed by atoms with Crippen LogP contribution in [0.15, 0.2) is 0 Å². The van der Waals surface area contributed by atoms with Gasteiger partial charge in [-0.15, -0.1) is 0 Å². The Morgan fingerprint density at radius 3 is 1.67 bits per heavy atom. The third kappa shape index (κ3) is 18.1. The van der Waals surface area contributed by atoms with Crippen LogP contribution in [0.3, 0.4) is 0 Å². The smallest absolute Gasteiger partial charge is 0.0698 e. The first-order valence-electron chi connectivity index (χ1n) is 4.21. The highest BCUT2D eigenvalue weighted by Crippen LogP contribution is 1.68. The van der Waals surface area contributed by atoms with Gasteiger partial charge >= 0.3 is 0 Å². The van der Waals surface area contributed by atoms with Crippen molar-refractivity contribution in [2.45, 2.75) is 14.8 Å². The summed E-state index contributed by atoms with van der Waals surface area (Å²) in [5, 5.41) is 16.2. The van der Waals surface area contributed by atoms with Gasteiger partial charge in [-0.2, -0.15) is 0 Å². The molecule has 9 heavy (non-hydrogen) atoms. The largest absolute Gasteiger partial charge is 0.394 e. The van der Waals surface area contributed by atoms with Gasteiger partial charge in [-0.05, 0) is 0 Å². The number of hydrogen-bond acceptors (Lipinski definition) is 3. The molecule has 0 aliphatic rings. The Morgan fingerprint density at radius 1 is 1.11 bits per heavy atom. The lowest BCUT2D eigenvalue weighted by Gasteiger charge is -1.94. The maximum absolute atomic E-state index is 8.09. The fourth-order valence-corrected chi connectivity index (χ4v) is 0.231. The Kier molecular flexibility index (Phi) is 15.5. The molecule has 0 radical (unpaired) electrons. The van der Waals surface area contributed by atoms with Gasteiger partial charge in [-0.1, -0.05) is 14.8 Å².